The zero-order valence-corrected chi connectivity index (χ0v) is 12.3. The number of H-pyrrole nitrogens is 1. The van der Waals surface area contributed by atoms with Crippen molar-refractivity contribution in [1.29, 1.82) is 0 Å². The number of imidazole rings is 1. The van der Waals surface area contributed by atoms with Gasteiger partial charge in [0.25, 0.3) is 0 Å². The van der Waals surface area contributed by atoms with E-state index < -0.39 is 0 Å². The van der Waals surface area contributed by atoms with Crippen LogP contribution in [0.3, 0.4) is 0 Å². The first-order valence-corrected chi connectivity index (χ1v) is 7.25. The van der Waals surface area contributed by atoms with Crippen LogP contribution in [0.5, 0.6) is 0 Å². The molecule has 1 N–H and O–H groups in total. The lowest BCUT2D eigenvalue weighted by molar-refractivity contribution is 0.0158. The summed E-state index contributed by atoms with van der Waals surface area (Å²) in [6.07, 6.45) is 2.21. The number of benzene rings is 1. The summed E-state index contributed by atoms with van der Waals surface area (Å²) in [4.78, 5) is 3.31. The van der Waals surface area contributed by atoms with Crippen LogP contribution in [0.25, 0.3) is 11.0 Å². The average Bonchev–Trinajstić information content (AvgIpc) is 2.67. The van der Waals surface area contributed by atoms with E-state index in [2.05, 4.69) is 41.6 Å². The number of aromatic nitrogens is 2. The lowest BCUT2D eigenvalue weighted by Crippen LogP contribution is -2.31. The Morgan fingerprint density at radius 1 is 1.37 bits per heavy atom. The molecule has 0 atom stereocenters. The van der Waals surface area contributed by atoms with Crippen LogP contribution in [0.2, 0.25) is 0 Å². The van der Waals surface area contributed by atoms with Crippen LogP contribution < -0.4 is 0 Å². The summed E-state index contributed by atoms with van der Waals surface area (Å²) in [6.45, 7) is 7.16. The highest BCUT2D eigenvalue weighted by atomic mass is 32.1. The monoisotopic (exact) mass is 276 g/mol. The van der Waals surface area contributed by atoms with Crippen molar-refractivity contribution in [1.82, 2.24) is 9.55 Å². The molecule has 1 aromatic carbocycles. The van der Waals surface area contributed by atoms with E-state index in [4.69, 9.17) is 17.0 Å². The molecular formula is C15H20N2OS. The summed E-state index contributed by atoms with van der Waals surface area (Å²) in [5, 5.41) is 0. The Morgan fingerprint density at radius 2 is 2.11 bits per heavy atom. The topological polar surface area (TPSA) is 29.9 Å². The van der Waals surface area contributed by atoms with E-state index >= 15 is 0 Å². The molecule has 1 aliphatic heterocycles. The molecule has 1 fully saturated rings. The molecule has 0 aliphatic carbocycles. The molecule has 2 heterocycles. The quantitative estimate of drug-likeness (QED) is 0.845. The Labute approximate surface area is 118 Å². The normalized spacial score (nSPS) is 18.8. The van der Waals surface area contributed by atoms with Gasteiger partial charge in [0.15, 0.2) is 4.77 Å². The lowest BCUT2D eigenvalue weighted by atomic mass is 9.82. The number of aromatic amines is 1. The van der Waals surface area contributed by atoms with Crippen molar-refractivity contribution in [3.63, 3.8) is 0 Å². The molecule has 1 aliphatic rings. The lowest BCUT2D eigenvalue weighted by Gasteiger charge is -2.33. The summed E-state index contributed by atoms with van der Waals surface area (Å²) in [5.41, 5.74) is 3.91. The first-order chi connectivity index (χ1) is 9.07. The Kier molecular flexibility index (Phi) is 3.23. The fourth-order valence-electron chi connectivity index (χ4n) is 2.82. The molecule has 4 heteroatoms. The number of aryl methyl sites for hydroxylation is 1. The maximum atomic E-state index is 5.49. The van der Waals surface area contributed by atoms with Crippen LogP contribution in [0.15, 0.2) is 18.2 Å². The smallest absolute Gasteiger partial charge is 0.178 e. The molecule has 0 radical (unpaired) electrons. The van der Waals surface area contributed by atoms with Gasteiger partial charge in [0.1, 0.15) is 0 Å². The number of fused-ring (bicyclic) bond motifs is 1. The minimum atomic E-state index is 0.287. The highest BCUT2D eigenvalue weighted by molar-refractivity contribution is 7.71. The third-order valence-electron chi connectivity index (χ3n) is 4.17. The summed E-state index contributed by atoms with van der Waals surface area (Å²) < 4.78 is 8.56. The van der Waals surface area contributed by atoms with Gasteiger partial charge < -0.3 is 14.3 Å². The predicted molar refractivity (Wildman–Crippen MR) is 80.0 cm³/mol. The molecule has 102 valence electrons. The third kappa shape index (κ3) is 2.47. The fraction of sp³-hybridized carbons (Fsp3) is 0.533. The van der Waals surface area contributed by atoms with E-state index in [1.165, 1.54) is 11.1 Å². The molecule has 1 saturated heterocycles. The largest absolute Gasteiger partial charge is 0.381 e. The van der Waals surface area contributed by atoms with E-state index in [1.807, 2.05) is 0 Å². The van der Waals surface area contributed by atoms with E-state index in [-0.39, 0.29) is 5.41 Å². The van der Waals surface area contributed by atoms with E-state index in [0.29, 0.717) is 0 Å². The zero-order chi connectivity index (χ0) is 13.5. The second-order valence-corrected chi connectivity index (χ2v) is 6.35. The van der Waals surface area contributed by atoms with Crippen molar-refractivity contribution in [2.24, 2.45) is 5.41 Å². The molecule has 0 unspecified atom stereocenters. The van der Waals surface area contributed by atoms with Crippen LogP contribution >= 0.6 is 12.2 Å². The Bertz CT molecular complexity index is 650. The molecule has 19 heavy (non-hydrogen) atoms. The maximum absolute atomic E-state index is 5.49. The zero-order valence-electron chi connectivity index (χ0n) is 11.5. The van der Waals surface area contributed by atoms with Crippen molar-refractivity contribution in [3.8, 4) is 0 Å². The number of rotatable bonds is 2. The Balaban J connectivity index is 2.02. The summed E-state index contributed by atoms with van der Waals surface area (Å²) in [7, 11) is 0. The fourth-order valence-corrected chi connectivity index (χ4v) is 3.10. The first kappa shape index (κ1) is 12.9. The summed E-state index contributed by atoms with van der Waals surface area (Å²) >= 11 is 5.49. The number of hydrogen-bond acceptors (Lipinski definition) is 2. The number of ether oxygens (including phenoxy) is 1. The van der Waals surface area contributed by atoms with E-state index in [0.717, 1.165) is 42.9 Å². The van der Waals surface area contributed by atoms with Crippen molar-refractivity contribution in [3.05, 3.63) is 28.5 Å². The van der Waals surface area contributed by atoms with Gasteiger partial charge in [-0.1, -0.05) is 13.0 Å². The van der Waals surface area contributed by atoms with Gasteiger partial charge in [-0.25, -0.2) is 0 Å². The predicted octanol–water partition coefficient (Wildman–Crippen LogP) is 3.82. The molecule has 3 nitrogen and oxygen atoms in total. The molecular weight excluding hydrogens is 256 g/mol. The average molecular weight is 276 g/mol. The number of hydrogen-bond donors (Lipinski definition) is 1. The van der Waals surface area contributed by atoms with Gasteiger partial charge in [0.2, 0.25) is 0 Å². The summed E-state index contributed by atoms with van der Waals surface area (Å²) in [5.74, 6) is 0. The maximum Gasteiger partial charge on any atom is 0.178 e. The molecule has 1 aromatic heterocycles. The molecule has 3 rings (SSSR count). The minimum absolute atomic E-state index is 0.287. The first-order valence-electron chi connectivity index (χ1n) is 6.84. The minimum Gasteiger partial charge on any atom is -0.381 e. The number of nitrogens with one attached hydrogen (secondary N) is 1. The van der Waals surface area contributed by atoms with Gasteiger partial charge in [-0.3, -0.25) is 0 Å². The van der Waals surface area contributed by atoms with Gasteiger partial charge in [-0.2, -0.15) is 0 Å². The number of nitrogens with zero attached hydrogens (tertiary/aromatic N) is 1. The summed E-state index contributed by atoms with van der Waals surface area (Å²) in [6, 6.07) is 6.45. The van der Waals surface area contributed by atoms with Crippen LogP contribution in [-0.4, -0.2) is 22.8 Å². The molecule has 2 aromatic rings. The Morgan fingerprint density at radius 3 is 2.84 bits per heavy atom. The van der Waals surface area contributed by atoms with Gasteiger partial charge in [0.05, 0.1) is 11.0 Å². The molecule has 0 spiro atoms. The highest BCUT2D eigenvalue weighted by Gasteiger charge is 2.28. The van der Waals surface area contributed by atoms with Gasteiger partial charge in [0, 0.05) is 19.8 Å². The van der Waals surface area contributed by atoms with E-state index in [1.54, 1.807) is 0 Å². The van der Waals surface area contributed by atoms with Crippen LogP contribution in [0, 0.1) is 17.1 Å². The third-order valence-corrected chi connectivity index (χ3v) is 4.49. The molecule has 0 amide bonds. The second kappa shape index (κ2) is 4.76. The van der Waals surface area contributed by atoms with Gasteiger partial charge >= 0.3 is 0 Å². The highest BCUT2D eigenvalue weighted by Crippen LogP contribution is 2.33. The van der Waals surface area contributed by atoms with Crippen molar-refractivity contribution < 1.29 is 4.74 Å². The van der Waals surface area contributed by atoms with Crippen LogP contribution in [-0.2, 0) is 11.3 Å². The Hall–Kier alpha value is -1.13. The standard InChI is InChI=1S/C15H20N2OS/c1-11-3-4-12-13(9-11)17(14(19)16-12)10-15(2)5-7-18-8-6-15/h3-4,9H,5-8,10H2,1-2H3,(H,16,19). The van der Waals surface area contributed by atoms with Crippen molar-refractivity contribution >= 4 is 23.3 Å². The van der Waals surface area contributed by atoms with Gasteiger partial charge in [-0.05, 0) is 55.1 Å². The molecule has 0 saturated carbocycles. The van der Waals surface area contributed by atoms with Crippen LogP contribution in [0.1, 0.15) is 25.3 Å². The second-order valence-electron chi connectivity index (χ2n) is 5.96. The van der Waals surface area contributed by atoms with Crippen molar-refractivity contribution in [2.45, 2.75) is 33.2 Å². The SMILES string of the molecule is Cc1ccc2[nH]c(=S)n(CC3(C)CCOCC3)c2c1. The van der Waals surface area contributed by atoms with Gasteiger partial charge in [-0.15, -0.1) is 0 Å². The van der Waals surface area contributed by atoms with E-state index in [9.17, 15) is 0 Å². The van der Waals surface area contributed by atoms with Crippen LogP contribution in [0.4, 0.5) is 0 Å². The van der Waals surface area contributed by atoms with Crippen molar-refractivity contribution in [2.75, 3.05) is 13.2 Å². The molecule has 0 bridgehead atoms.